The highest BCUT2D eigenvalue weighted by Gasteiger charge is 2.47. The van der Waals surface area contributed by atoms with Crippen LogP contribution in [0.4, 0.5) is 0 Å². The van der Waals surface area contributed by atoms with E-state index in [-0.39, 0.29) is 34.2 Å². The summed E-state index contributed by atoms with van der Waals surface area (Å²) in [7, 11) is 2.10. The lowest BCUT2D eigenvalue weighted by atomic mass is 9.76. The van der Waals surface area contributed by atoms with Gasteiger partial charge in [-0.25, -0.2) is 0 Å². The molecule has 0 atom stereocenters. The Hall–Kier alpha value is -0.650. The van der Waals surface area contributed by atoms with Crippen LogP contribution in [-0.4, -0.2) is 81.7 Å². The molecule has 0 amide bonds. The van der Waals surface area contributed by atoms with Crippen LogP contribution in [0.1, 0.15) is 108 Å². The fourth-order valence-electron chi connectivity index (χ4n) is 7.10. The number of nitrogens with zero attached hydrogens (tertiary/aromatic N) is 3. The van der Waals surface area contributed by atoms with Gasteiger partial charge in [-0.05, 0) is 101 Å². The molecule has 2 saturated heterocycles. The zero-order valence-electron chi connectivity index (χ0n) is 23.2. The number of likely N-dealkylation sites (N-methyl/N-ethyl adjacent to an activating group) is 1. The van der Waals surface area contributed by atoms with Crippen molar-refractivity contribution in [2.24, 2.45) is 0 Å². The van der Waals surface area contributed by atoms with Crippen LogP contribution >= 0.6 is 0 Å². The van der Waals surface area contributed by atoms with Crippen LogP contribution in [0.25, 0.3) is 0 Å². The first-order valence-electron chi connectivity index (χ1n) is 13.0. The molecule has 0 unspecified atom stereocenters. The van der Waals surface area contributed by atoms with Crippen molar-refractivity contribution >= 4 is 5.97 Å². The van der Waals surface area contributed by atoms with Gasteiger partial charge in [0.1, 0.15) is 6.10 Å². The molecule has 0 aromatic heterocycles. The zero-order valence-corrected chi connectivity index (χ0v) is 23.2. The summed E-state index contributed by atoms with van der Waals surface area (Å²) >= 11 is 0. The Bertz CT molecular complexity index is 605. The van der Waals surface area contributed by atoms with Crippen LogP contribution in [0.5, 0.6) is 0 Å². The molecule has 2 aliphatic rings. The van der Waals surface area contributed by atoms with E-state index in [1.165, 1.54) is 6.42 Å². The van der Waals surface area contributed by atoms with Crippen molar-refractivity contribution in [1.82, 2.24) is 14.7 Å². The van der Waals surface area contributed by atoms with Gasteiger partial charge in [0.25, 0.3) is 0 Å². The van der Waals surface area contributed by atoms with E-state index in [2.05, 4.69) is 91.0 Å². The SMILES string of the molecule is CCCN1C(C)(C)CC(OC(=O)CN(C)C2CC(C)(C)N(CCC)C(C)(C)C2)CC1(C)C. The summed E-state index contributed by atoms with van der Waals surface area (Å²) in [6.45, 7) is 25.7. The minimum Gasteiger partial charge on any atom is -0.461 e. The number of hydrogen-bond acceptors (Lipinski definition) is 5. The minimum absolute atomic E-state index is 0.00621. The Morgan fingerprint density at radius 1 is 0.781 bits per heavy atom. The van der Waals surface area contributed by atoms with Crippen molar-refractivity contribution < 1.29 is 9.53 Å². The average Bonchev–Trinajstić information content (AvgIpc) is 2.59. The summed E-state index contributed by atoms with van der Waals surface area (Å²) in [6, 6.07) is 0.389. The van der Waals surface area contributed by atoms with E-state index in [1.807, 2.05) is 0 Å². The van der Waals surface area contributed by atoms with Crippen molar-refractivity contribution in [3.05, 3.63) is 0 Å². The third-order valence-corrected chi connectivity index (χ3v) is 8.04. The highest BCUT2D eigenvalue weighted by molar-refractivity contribution is 5.72. The summed E-state index contributed by atoms with van der Waals surface area (Å²) in [5, 5.41) is 0. The first-order valence-corrected chi connectivity index (χ1v) is 13.0. The second-order valence-corrected chi connectivity index (χ2v) is 13.1. The second-order valence-electron chi connectivity index (χ2n) is 13.1. The average molecular weight is 452 g/mol. The summed E-state index contributed by atoms with van der Waals surface area (Å²) in [4.78, 5) is 20.5. The molecule has 5 nitrogen and oxygen atoms in total. The van der Waals surface area contributed by atoms with E-state index in [4.69, 9.17) is 4.74 Å². The Morgan fingerprint density at radius 2 is 1.16 bits per heavy atom. The smallest absolute Gasteiger partial charge is 0.320 e. The van der Waals surface area contributed by atoms with E-state index >= 15 is 0 Å². The fourth-order valence-corrected chi connectivity index (χ4v) is 7.10. The van der Waals surface area contributed by atoms with Gasteiger partial charge in [-0.1, -0.05) is 13.8 Å². The molecule has 2 fully saturated rings. The third kappa shape index (κ3) is 6.27. The predicted octanol–water partition coefficient (Wildman–Crippen LogP) is 5.32. The van der Waals surface area contributed by atoms with Crippen LogP contribution in [0, 0.1) is 0 Å². The third-order valence-electron chi connectivity index (χ3n) is 8.04. The Balaban J connectivity index is 2.00. The Morgan fingerprint density at radius 3 is 1.53 bits per heavy atom. The molecular weight excluding hydrogens is 398 g/mol. The molecule has 5 heteroatoms. The lowest BCUT2D eigenvalue weighted by molar-refractivity contribution is -0.162. The van der Waals surface area contributed by atoms with E-state index < -0.39 is 0 Å². The molecule has 0 aromatic carbocycles. The van der Waals surface area contributed by atoms with Crippen LogP contribution in [0.3, 0.4) is 0 Å². The van der Waals surface area contributed by atoms with E-state index in [1.54, 1.807) is 0 Å². The van der Waals surface area contributed by atoms with Gasteiger partial charge in [-0.15, -0.1) is 0 Å². The molecule has 0 spiro atoms. The summed E-state index contributed by atoms with van der Waals surface area (Å²) < 4.78 is 6.10. The van der Waals surface area contributed by atoms with Crippen molar-refractivity contribution in [3.63, 3.8) is 0 Å². The molecule has 2 aliphatic heterocycles. The van der Waals surface area contributed by atoms with Gasteiger partial charge in [0.2, 0.25) is 0 Å². The zero-order chi connectivity index (χ0) is 24.5. The predicted molar refractivity (Wildman–Crippen MR) is 135 cm³/mol. The quantitative estimate of drug-likeness (QED) is 0.467. The summed E-state index contributed by atoms with van der Waals surface area (Å²) in [5.74, 6) is -0.0698. The normalized spacial score (nSPS) is 26.4. The summed E-state index contributed by atoms with van der Waals surface area (Å²) in [5.41, 5.74) is 0.324. The topological polar surface area (TPSA) is 36.0 Å². The number of piperidine rings is 2. The molecule has 188 valence electrons. The molecule has 0 radical (unpaired) electrons. The molecule has 0 N–H and O–H groups in total. The number of carbonyl (C=O) groups is 1. The monoisotopic (exact) mass is 451 g/mol. The molecule has 0 saturated carbocycles. The van der Waals surface area contributed by atoms with Crippen LogP contribution < -0.4 is 0 Å². The molecule has 2 heterocycles. The maximum absolute atomic E-state index is 13.0. The molecule has 0 aromatic rings. The van der Waals surface area contributed by atoms with Crippen LogP contribution in [0.15, 0.2) is 0 Å². The molecular formula is C27H53N3O2. The van der Waals surface area contributed by atoms with Crippen molar-refractivity contribution in [2.75, 3.05) is 26.7 Å². The number of esters is 1. The molecule has 2 rings (SSSR count). The van der Waals surface area contributed by atoms with E-state index in [0.717, 1.165) is 45.2 Å². The van der Waals surface area contributed by atoms with Gasteiger partial charge in [0.15, 0.2) is 0 Å². The Kier molecular flexibility index (Phi) is 8.55. The second kappa shape index (κ2) is 9.92. The number of hydrogen-bond donors (Lipinski definition) is 0. The van der Waals surface area contributed by atoms with Gasteiger partial charge in [0.05, 0.1) is 6.54 Å². The van der Waals surface area contributed by atoms with Gasteiger partial charge in [-0.3, -0.25) is 19.5 Å². The van der Waals surface area contributed by atoms with Gasteiger partial charge >= 0.3 is 5.97 Å². The maximum atomic E-state index is 13.0. The standard InChI is InChI=1S/C27H53N3O2/c1-12-14-29-24(3,4)16-21(17-25(29,5)6)28(11)20-23(31)32-22-18-26(7,8)30(15-13-2)27(9,10)19-22/h21-22H,12-20H2,1-11H3. The summed E-state index contributed by atoms with van der Waals surface area (Å²) in [6.07, 6.45) is 6.27. The van der Waals surface area contributed by atoms with Crippen molar-refractivity contribution in [3.8, 4) is 0 Å². The van der Waals surface area contributed by atoms with E-state index in [9.17, 15) is 4.79 Å². The Labute approximate surface area is 199 Å². The van der Waals surface area contributed by atoms with Crippen molar-refractivity contribution in [2.45, 2.75) is 142 Å². The first-order chi connectivity index (χ1) is 14.6. The number of carbonyl (C=O) groups excluding carboxylic acids is 1. The maximum Gasteiger partial charge on any atom is 0.320 e. The van der Waals surface area contributed by atoms with Crippen molar-refractivity contribution in [1.29, 1.82) is 0 Å². The lowest BCUT2D eigenvalue weighted by Crippen LogP contribution is -2.64. The first kappa shape index (κ1) is 27.6. The molecule has 0 bridgehead atoms. The molecule has 32 heavy (non-hydrogen) atoms. The van der Waals surface area contributed by atoms with Gasteiger partial charge in [0, 0.05) is 41.0 Å². The van der Waals surface area contributed by atoms with Gasteiger partial charge < -0.3 is 4.74 Å². The number of ether oxygens (including phenoxy) is 1. The molecule has 0 aliphatic carbocycles. The van der Waals surface area contributed by atoms with Gasteiger partial charge in [-0.2, -0.15) is 0 Å². The number of rotatable bonds is 8. The minimum atomic E-state index is -0.0698. The fraction of sp³-hybridized carbons (Fsp3) is 0.963. The number of likely N-dealkylation sites (tertiary alicyclic amines) is 2. The highest BCUT2D eigenvalue weighted by atomic mass is 16.5. The largest absolute Gasteiger partial charge is 0.461 e. The van der Waals surface area contributed by atoms with Crippen LogP contribution in [-0.2, 0) is 9.53 Å². The highest BCUT2D eigenvalue weighted by Crippen LogP contribution is 2.41. The van der Waals surface area contributed by atoms with E-state index in [0.29, 0.717) is 12.6 Å². The van der Waals surface area contributed by atoms with Crippen LogP contribution in [0.2, 0.25) is 0 Å². The lowest BCUT2D eigenvalue weighted by Gasteiger charge is -2.57.